The van der Waals surface area contributed by atoms with E-state index >= 15 is 0 Å². The van der Waals surface area contributed by atoms with Crippen LogP contribution >= 0.6 is 12.4 Å². The van der Waals surface area contributed by atoms with Crippen LogP contribution < -0.4 is 10.6 Å². The van der Waals surface area contributed by atoms with Gasteiger partial charge in [0.2, 0.25) is 0 Å². The molecule has 1 aliphatic rings. The van der Waals surface area contributed by atoms with E-state index in [1.165, 1.54) is 5.56 Å². The summed E-state index contributed by atoms with van der Waals surface area (Å²) in [5.74, 6) is -0.118. The lowest BCUT2D eigenvalue weighted by Gasteiger charge is -2.28. The molecular weight excluding hydrogens is 227 g/mol. The van der Waals surface area contributed by atoms with Crippen LogP contribution in [-0.2, 0) is 12.8 Å². The molecule has 4 heteroatoms. The van der Waals surface area contributed by atoms with Gasteiger partial charge in [0.05, 0.1) is 0 Å². The first-order chi connectivity index (χ1) is 7.22. The second kappa shape index (κ2) is 5.51. The maximum atomic E-state index is 13.7. The van der Waals surface area contributed by atoms with Gasteiger partial charge in [-0.15, -0.1) is 12.4 Å². The summed E-state index contributed by atoms with van der Waals surface area (Å²) < 4.78 is 13.7. The Morgan fingerprint density at radius 2 is 2.19 bits per heavy atom. The Bertz CT molecular complexity index is 368. The third-order valence-electron chi connectivity index (χ3n) is 3.01. The van der Waals surface area contributed by atoms with E-state index in [9.17, 15) is 4.39 Å². The lowest BCUT2D eigenvalue weighted by molar-refractivity contribution is 0.604. The highest BCUT2D eigenvalue weighted by Crippen LogP contribution is 2.28. The van der Waals surface area contributed by atoms with Crippen molar-refractivity contribution in [1.29, 1.82) is 0 Å². The Kier molecular flexibility index (Phi) is 4.56. The van der Waals surface area contributed by atoms with Gasteiger partial charge in [-0.05, 0) is 43.0 Å². The minimum absolute atomic E-state index is 0. The number of benzene rings is 1. The number of aryl methyl sites for hydroxylation is 1. The van der Waals surface area contributed by atoms with E-state index in [1.54, 1.807) is 6.07 Å². The van der Waals surface area contributed by atoms with Gasteiger partial charge in [-0.3, -0.25) is 0 Å². The molecule has 1 aliphatic heterocycles. The number of hydrogen-bond donors (Lipinski definition) is 1. The summed E-state index contributed by atoms with van der Waals surface area (Å²) in [5.41, 5.74) is 8.51. The van der Waals surface area contributed by atoms with Crippen LogP contribution in [0.2, 0.25) is 0 Å². The van der Waals surface area contributed by atoms with Crippen LogP contribution in [0, 0.1) is 5.82 Å². The number of nitrogens with two attached hydrogens (primary N) is 1. The van der Waals surface area contributed by atoms with Gasteiger partial charge in [0.1, 0.15) is 5.82 Å². The fourth-order valence-electron chi connectivity index (χ4n) is 2.19. The van der Waals surface area contributed by atoms with Crippen molar-refractivity contribution in [2.75, 3.05) is 25.0 Å². The molecule has 2 N–H and O–H groups in total. The molecule has 1 aromatic rings. The van der Waals surface area contributed by atoms with Crippen molar-refractivity contribution in [3.8, 4) is 0 Å². The monoisotopic (exact) mass is 244 g/mol. The minimum atomic E-state index is -0.118. The fourth-order valence-corrected chi connectivity index (χ4v) is 2.19. The molecule has 1 heterocycles. The lowest BCUT2D eigenvalue weighted by Crippen LogP contribution is -2.25. The molecule has 0 aliphatic carbocycles. The van der Waals surface area contributed by atoms with E-state index in [0.29, 0.717) is 13.0 Å². The molecule has 0 atom stereocenters. The molecule has 0 bridgehead atoms. The van der Waals surface area contributed by atoms with Crippen molar-refractivity contribution in [2.24, 2.45) is 5.73 Å². The standard InChI is InChI=1S/C12H17FN2.ClH/c1-15-6-2-3-10-7-9(4-5-14)11(13)8-12(10)15;/h7-8H,2-6,14H2,1H3;1H. The van der Waals surface area contributed by atoms with Crippen LogP contribution in [0.1, 0.15) is 17.5 Å². The van der Waals surface area contributed by atoms with Crippen molar-refractivity contribution in [3.63, 3.8) is 0 Å². The van der Waals surface area contributed by atoms with Gasteiger partial charge in [-0.1, -0.05) is 6.07 Å². The molecule has 0 saturated heterocycles. The van der Waals surface area contributed by atoms with E-state index in [1.807, 2.05) is 13.1 Å². The molecule has 1 aromatic carbocycles. The lowest BCUT2D eigenvalue weighted by atomic mass is 9.98. The second-order valence-corrected chi connectivity index (χ2v) is 4.14. The van der Waals surface area contributed by atoms with Gasteiger partial charge >= 0.3 is 0 Å². The summed E-state index contributed by atoms with van der Waals surface area (Å²) in [6.45, 7) is 1.52. The summed E-state index contributed by atoms with van der Waals surface area (Å²) in [5, 5.41) is 0. The smallest absolute Gasteiger partial charge is 0.128 e. The van der Waals surface area contributed by atoms with Crippen molar-refractivity contribution in [3.05, 3.63) is 29.1 Å². The minimum Gasteiger partial charge on any atom is -0.374 e. The van der Waals surface area contributed by atoms with Crippen LogP contribution in [0.25, 0.3) is 0 Å². The maximum Gasteiger partial charge on any atom is 0.128 e. The summed E-state index contributed by atoms with van der Waals surface area (Å²) in [6.07, 6.45) is 2.83. The second-order valence-electron chi connectivity index (χ2n) is 4.14. The van der Waals surface area contributed by atoms with E-state index in [2.05, 4.69) is 4.90 Å². The molecule has 2 rings (SSSR count). The van der Waals surface area contributed by atoms with Gasteiger partial charge < -0.3 is 10.6 Å². The summed E-state index contributed by atoms with van der Waals surface area (Å²) >= 11 is 0. The highest BCUT2D eigenvalue weighted by atomic mass is 35.5. The Balaban J connectivity index is 0.00000128. The normalized spacial score (nSPS) is 14.3. The molecule has 16 heavy (non-hydrogen) atoms. The summed E-state index contributed by atoms with van der Waals surface area (Å²) in [7, 11) is 2.01. The molecule has 2 nitrogen and oxygen atoms in total. The van der Waals surface area contributed by atoms with Crippen molar-refractivity contribution in [2.45, 2.75) is 19.3 Å². The highest BCUT2D eigenvalue weighted by molar-refractivity contribution is 5.85. The molecule has 0 fully saturated rings. The molecule has 0 spiro atoms. The van der Waals surface area contributed by atoms with E-state index < -0.39 is 0 Å². The van der Waals surface area contributed by atoms with Crippen LogP contribution in [0.3, 0.4) is 0 Å². The third-order valence-corrected chi connectivity index (χ3v) is 3.01. The molecule has 0 amide bonds. The van der Waals surface area contributed by atoms with Gasteiger partial charge in [0, 0.05) is 19.3 Å². The highest BCUT2D eigenvalue weighted by Gasteiger charge is 2.16. The maximum absolute atomic E-state index is 13.7. The number of halogens is 2. The van der Waals surface area contributed by atoms with Crippen LogP contribution in [0.15, 0.2) is 12.1 Å². The quantitative estimate of drug-likeness (QED) is 0.864. The summed E-state index contributed by atoms with van der Waals surface area (Å²) in [4.78, 5) is 2.12. The van der Waals surface area contributed by atoms with Gasteiger partial charge in [-0.25, -0.2) is 4.39 Å². The van der Waals surface area contributed by atoms with Crippen molar-refractivity contribution >= 4 is 18.1 Å². The fraction of sp³-hybridized carbons (Fsp3) is 0.500. The zero-order valence-electron chi connectivity index (χ0n) is 9.50. The first-order valence-electron chi connectivity index (χ1n) is 5.45. The number of fused-ring (bicyclic) bond motifs is 1. The average Bonchev–Trinajstić information content (AvgIpc) is 2.21. The molecule has 0 saturated carbocycles. The summed E-state index contributed by atoms with van der Waals surface area (Å²) in [6, 6.07) is 3.63. The number of rotatable bonds is 2. The van der Waals surface area contributed by atoms with E-state index in [-0.39, 0.29) is 18.2 Å². The molecule has 0 radical (unpaired) electrons. The van der Waals surface area contributed by atoms with Crippen molar-refractivity contribution in [1.82, 2.24) is 0 Å². The van der Waals surface area contributed by atoms with Crippen LogP contribution in [0.5, 0.6) is 0 Å². The van der Waals surface area contributed by atoms with Crippen molar-refractivity contribution < 1.29 is 4.39 Å². The van der Waals surface area contributed by atoms with E-state index in [0.717, 1.165) is 30.6 Å². The zero-order chi connectivity index (χ0) is 10.8. The van der Waals surface area contributed by atoms with Gasteiger partial charge in [0.25, 0.3) is 0 Å². The van der Waals surface area contributed by atoms with Gasteiger partial charge in [0.15, 0.2) is 0 Å². The van der Waals surface area contributed by atoms with Gasteiger partial charge in [-0.2, -0.15) is 0 Å². The Morgan fingerprint density at radius 1 is 1.44 bits per heavy atom. The molecule has 0 aromatic heterocycles. The Labute approximate surface area is 102 Å². The topological polar surface area (TPSA) is 29.3 Å². The third kappa shape index (κ3) is 2.47. The number of hydrogen-bond acceptors (Lipinski definition) is 2. The molecular formula is C12H18ClFN2. The predicted octanol–water partition coefficient (Wildman–Crippen LogP) is 2.13. The van der Waals surface area contributed by atoms with Crippen LogP contribution in [-0.4, -0.2) is 20.1 Å². The predicted molar refractivity (Wildman–Crippen MR) is 68.0 cm³/mol. The number of nitrogens with zero attached hydrogens (tertiary/aromatic N) is 1. The Morgan fingerprint density at radius 3 is 2.88 bits per heavy atom. The first-order valence-corrected chi connectivity index (χ1v) is 5.45. The first kappa shape index (κ1) is 13.3. The average molecular weight is 245 g/mol. The Hall–Kier alpha value is -0.800. The SMILES string of the molecule is CN1CCCc2cc(CCN)c(F)cc21.Cl. The molecule has 90 valence electrons. The molecule has 0 unspecified atom stereocenters. The van der Waals surface area contributed by atoms with E-state index in [4.69, 9.17) is 5.73 Å². The zero-order valence-corrected chi connectivity index (χ0v) is 10.3. The largest absolute Gasteiger partial charge is 0.374 e. The van der Waals surface area contributed by atoms with Crippen LogP contribution in [0.4, 0.5) is 10.1 Å². The number of anilines is 1.